The Morgan fingerprint density at radius 2 is 1.06 bits per heavy atom. The third kappa shape index (κ3) is 24.2. The Morgan fingerprint density at radius 1 is 0.706 bits per heavy atom. The zero-order chi connectivity index (χ0) is 25.5. The molecule has 0 atom stereocenters. The number of hydrogen-bond donors (Lipinski definition) is 0. The van der Waals surface area contributed by atoms with E-state index in [9.17, 15) is 13.0 Å². The topological polar surface area (TPSA) is 66.4 Å². The lowest BCUT2D eigenvalue weighted by Gasteiger charge is -2.24. The Kier molecular flexibility index (Phi) is 20.8. The second-order valence-corrected chi connectivity index (χ2v) is 11.6. The van der Waals surface area contributed by atoms with Crippen molar-refractivity contribution >= 4 is 10.4 Å². The van der Waals surface area contributed by atoms with Gasteiger partial charge in [0.2, 0.25) is 10.4 Å². The van der Waals surface area contributed by atoms with Crippen molar-refractivity contribution in [3.8, 4) is 0 Å². The summed E-state index contributed by atoms with van der Waals surface area (Å²) in [6, 6.07) is 11.0. The van der Waals surface area contributed by atoms with Gasteiger partial charge in [0.15, 0.2) is 0 Å². The van der Waals surface area contributed by atoms with Gasteiger partial charge in [0, 0.05) is 0 Å². The second kappa shape index (κ2) is 21.4. The number of rotatable bonds is 20. The molecule has 0 spiro atoms. The Hall–Kier alpha value is -0.910. The van der Waals surface area contributed by atoms with Gasteiger partial charge < -0.3 is 4.55 Å². The highest BCUT2D eigenvalue weighted by Gasteiger charge is 2.17. The Morgan fingerprint density at radius 3 is 1.41 bits per heavy atom. The summed E-state index contributed by atoms with van der Waals surface area (Å²) in [5.74, 6) is 0. The molecule has 0 heterocycles. The zero-order valence-corrected chi connectivity index (χ0v) is 23.5. The molecule has 5 heteroatoms. The molecule has 0 N–H and O–H groups in total. The smallest absolute Gasteiger partial charge is 0.217 e. The van der Waals surface area contributed by atoms with Gasteiger partial charge in [0.1, 0.15) is 0 Å². The average Bonchev–Trinajstić information content (AvgIpc) is 2.79. The molecular formula is C29H53O4S-. The van der Waals surface area contributed by atoms with Gasteiger partial charge in [-0.15, -0.1) is 0 Å². The summed E-state index contributed by atoms with van der Waals surface area (Å²) in [5.41, 5.74) is 1.93. The molecule has 0 amide bonds. The number of unbranched alkanes of at least 4 members (excludes halogenated alkanes) is 15. The molecule has 1 aromatic carbocycles. The van der Waals surface area contributed by atoms with Crippen molar-refractivity contribution in [2.24, 2.45) is 5.41 Å². The predicted molar refractivity (Wildman–Crippen MR) is 145 cm³/mol. The molecule has 0 bridgehead atoms. The molecular weight excluding hydrogens is 444 g/mol. The third-order valence-corrected chi connectivity index (χ3v) is 6.84. The first-order chi connectivity index (χ1) is 16.2. The molecule has 0 aliphatic rings. The van der Waals surface area contributed by atoms with Gasteiger partial charge in [-0.1, -0.05) is 154 Å². The van der Waals surface area contributed by atoms with Crippen LogP contribution in [0.1, 0.15) is 135 Å². The van der Waals surface area contributed by atoms with Gasteiger partial charge >= 0.3 is 0 Å². The Bertz CT molecular complexity index is 656. The maximum absolute atomic E-state index is 9.22. The molecule has 0 saturated heterocycles. The summed E-state index contributed by atoms with van der Waals surface area (Å²) >= 11 is 0. The normalized spacial score (nSPS) is 11.8. The Balaban J connectivity index is 0.00000160. The predicted octanol–water partition coefficient (Wildman–Crippen LogP) is 9.00. The van der Waals surface area contributed by atoms with Gasteiger partial charge in [-0.25, -0.2) is 8.42 Å². The van der Waals surface area contributed by atoms with Gasteiger partial charge in [0.25, 0.3) is 0 Å². The average molecular weight is 498 g/mol. The molecule has 4 nitrogen and oxygen atoms in total. The highest BCUT2D eigenvalue weighted by Crippen LogP contribution is 2.28. The van der Waals surface area contributed by atoms with Crippen LogP contribution in [0, 0.1) is 5.41 Å². The molecule has 0 fully saturated rings. The van der Waals surface area contributed by atoms with Crippen molar-refractivity contribution in [3.05, 3.63) is 35.9 Å². The minimum Gasteiger partial charge on any atom is -0.726 e. The molecule has 0 unspecified atom stereocenters. The van der Waals surface area contributed by atoms with Crippen LogP contribution in [-0.4, -0.2) is 20.1 Å². The van der Waals surface area contributed by atoms with E-state index in [0.29, 0.717) is 5.41 Å². The van der Waals surface area contributed by atoms with Crippen LogP contribution in [-0.2, 0) is 21.0 Å². The van der Waals surface area contributed by atoms with E-state index >= 15 is 0 Å². The van der Waals surface area contributed by atoms with Crippen molar-refractivity contribution in [2.75, 3.05) is 7.11 Å². The highest BCUT2D eigenvalue weighted by molar-refractivity contribution is 7.80. The van der Waals surface area contributed by atoms with E-state index in [2.05, 4.69) is 55.3 Å². The summed E-state index contributed by atoms with van der Waals surface area (Å²) in [6.07, 6.45) is 25.8. The highest BCUT2D eigenvalue weighted by atomic mass is 32.3. The van der Waals surface area contributed by atoms with Crippen LogP contribution in [0.4, 0.5) is 0 Å². The standard InChI is InChI=1S/C28H50.CH4O4S/c1-4-5-6-7-8-9-10-11-12-13-14-15-16-17-18-22-25-28(2,3)26-27-23-20-19-21-24-27;1-5-6(2,3)4/h19-21,23-24H,4-18,22,25-26H2,1-3H3;1H3,(H,2,3,4)/p-1. The van der Waals surface area contributed by atoms with E-state index in [0.717, 1.165) is 7.11 Å². The first-order valence-electron chi connectivity index (χ1n) is 13.8. The van der Waals surface area contributed by atoms with Gasteiger partial charge in [-0.2, -0.15) is 0 Å². The molecule has 1 rings (SSSR count). The maximum Gasteiger partial charge on any atom is 0.217 e. The van der Waals surface area contributed by atoms with Crippen molar-refractivity contribution in [3.63, 3.8) is 0 Å². The lowest BCUT2D eigenvalue weighted by atomic mass is 9.81. The fourth-order valence-electron chi connectivity index (χ4n) is 4.39. The Labute approximate surface area is 212 Å². The lowest BCUT2D eigenvalue weighted by Crippen LogP contribution is -2.14. The second-order valence-electron chi connectivity index (χ2n) is 10.5. The van der Waals surface area contributed by atoms with Gasteiger partial charge in [-0.05, 0) is 23.8 Å². The van der Waals surface area contributed by atoms with Crippen LogP contribution < -0.4 is 0 Å². The molecule has 0 aliphatic heterocycles. The van der Waals surface area contributed by atoms with E-state index in [-0.39, 0.29) is 0 Å². The maximum atomic E-state index is 9.22. The van der Waals surface area contributed by atoms with E-state index in [1.54, 1.807) is 0 Å². The third-order valence-electron chi connectivity index (χ3n) is 6.44. The van der Waals surface area contributed by atoms with E-state index < -0.39 is 10.4 Å². The molecule has 0 radical (unpaired) electrons. The quantitative estimate of drug-likeness (QED) is 0.102. The van der Waals surface area contributed by atoms with Crippen LogP contribution in [0.3, 0.4) is 0 Å². The van der Waals surface area contributed by atoms with E-state index in [4.69, 9.17) is 0 Å². The number of hydrogen-bond acceptors (Lipinski definition) is 4. The SMILES string of the molecule is CCCCCCCCCCCCCCCCCCC(C)(C)Cc1ccccc1.COS(=O)(=O)[O-]. The first kappa shape index (κ1) is 33.1. The molecule has 1 aromatic rings. The molecule has 200 valence electrons. The van der Waals surface area contributed by atoms with Crippen LogP contribution in [0.5, 0.6) is 0 Å². The van der Waals surface area contributed by atoms with E-state index in [1.165, 1.54) is 121 Å². The fourth-order valence-corrected chi connectivity index (χ4v) is 4.39. The molecule has 34 heavy (non-hydrogen) atoms. The monoisotopic (exact) mass is 497 g/mol. The molecule has 0 aliphatic carbocycles. The van der Waals surface area contributed by atoms with Crippen LogP contribution >= 0.6 is 0 Å². The minimum absolute atomic E-state index is 0.442. The minimum atomic E-state index is -4.41. The van der Waals surface area contributed by atoms with Crippen molar-refractivity contribution in [1.29, 1.82) is 0 Å². The van der Waals surface area contributed by atoms with Crippen molar-refractivity contribution < 1.29 is 17.2 Å². The van der Waals surface area contributed by atoms with Crippen LogP contribution in [0.2, 0.25) is 0 Å². The molecule has 0 aromatic heterocycles. The van der Waals surface area contributed by atoms with E-state index in [1.807, 2.05) is 0 Å². The largest absolute Gasteiger partial charge is 0.726 e. The number of benzene rings is 1. The molecule has 0 saturated carbocycles. The first-order valence-corrected chi connectivity index (χ1v) is 15.1. The lowest BCUT2D eigenvalue weighted by molar-refractivity contribution is 0.314. The van der Waals surface area contributed by atoms with Crippen LogP contribution in [0.25, 0.3) is 0 Å². The fraction of sp³-hybridized carbons (Fsp3) is 0.793. The summed E-state index contributed by atoms with van der Waals surface area (Å²) in [7, 11) is -3.60. The van der Waals surface area contributed by atoms with Crippen molar-refractivity contribution in [2.45, 2.75) is 136 Å². The summed E-state index contributed by atoms with van der Waals surface area (Å²) in [4.78, 5) is 0. The summed E-state index contributed by atoms with van der Waals surface area (Å²) in [6.45, 7) is 7.17. The summed E-state index contributed by atoms with van der Waals surface area (Å²) in [5, 5.41) is 0. The summed E-state index contributed by atoms with van der Waals surface area (Å²) < 4.78 is 31.0. The van der Waals surface area contributed by atoms with Crippen LogP contribution in [0.15, 0.2) is 30.3 Å². The van der Waals surface area contributed by atoms with Gasteiger partial charge in [-0.3, -0.25) is 4.18 Å². The van der Waals surface area contributed by atoms with Gasteiger partial charge in [0.05, 0.1) is 7.11 Å². The zero-order valence-electron chi connectivity index (χ0n) is 22.7. The van der Waals surface area contributed by atoms with Crippen molar-refractivity contribution in [1.82, 2.24) is 0 Å².